The molecular weight excluding hydrogens is 281 g/mol. The van der Waals surface area contributed by atoms with Gasteiger partial charge in [0.15, 0.2) is 14.0 Å². The van der Waals surface area contributed by atoms with Crippen molar-refractivity contribution in [1.29, 1.82) is 0 Å². The fourth-order valence-corrected chi connectivity index (χ4v) is 1.60. The van der Waals surface area contributed by atoms with Crippen LogP contribution < -0.4 is 5.32 Å². The summed E-state index contributed by atoms with van der Waals surface area (Å²) in [7, 11) is 4.97. The van der Waals surface area contributed by atoms with E-state index in [2.05, 4.69) is 17.1 Å². The van der Waals surface area contributed by atoms with Crippen molar-refractivity contribution in [3.05, 3.63) is 35.9 Å². The average molecular weight is 299 g/mol. The van der Waals surface area contributed by atoms with Crippen LogP contribution in [0.25, 0.3) is 0 Å². The van der Waals surface area contributed by atoms with E-state index in [1.165, 1.54) is 0 Å². The summed E-state index contributed by atoms with van der Waals surface area (Å²) in [4.78, 5) is 23.3. The monoisotopic (exact) mass is 299 g/mol. The standard InChI is InChI=1S/C16H18BNO4/c1-2-14(21-12-15(19)18-10-6-9-17)16(20)22-11-13-7-4-3-5-8-13/h3-5,7-8,14H,2,10-12H2,1H3,(H,18,19). The van der Waals surface area contributed by atoms with Crippen LogP contribution in [0, 0.1) is 11.7 Å². The summed E-state index contributed by atoms with van der Waals surface area (Å²) in [5, 5.41) is 2.49. The van der Waals surface area contributed by atoms with Crippen LogP contribution in [0.3, 0.4) is 0 Å². The van der Waals surface area contributed by atoms with Crippen molar-refractivity contribution in [2.75, 3.05) is 13.2 Å². The predicted octanol–water partition coefficient (Wildman–Crippen LogP) is 0.771. The van der Waals surface area contributed by atoms with Crippen LogP contribution in [-0.2, 0) is 25.7 Å². The minimum atomic E-state index is -0.768. The Balaban J connectivity index is 2.34. The molecule has 1 aromatic rings. The number of ether oxygens (including phenoxy) is 2. The Morgan fingerprint density at radius 1 is 1.32 bits per heavy atom. The predicted molar refractivity (Wildman–Crippen MR) is 82.8 cm³/mol. The summed E-state index contributed by atoms with van der Waals surface area (Å²) < 4.78 is 10.4. The zero-order valence-electron chi connectivity index (χ0n) is 12.5. The van der Waals surface area contributed by atoms with Gasteiger partial charge in [0.25, 0.3) is 0 Å². The van der Waals surface area contributed by atoms with Gasteiger partial charge in [-0.2, -0.15) is 5.82 Å². The molecule has 6 heteroatoms. The molecule has 1 aromatic carbocycles. The van der Waals surface area contributed by atoms with Gasteiger partial charge < -0.3 is 14.8 Å². The van der Waals surface area contributed by atoms with Gasteiger partial charge in [-0.1, -0.05) is 43.2 Å². The Morgan fingerprint density at radius 2 is 2.05 bits per heavy atom. The first kappa shape index (κ1) is 17.8. The molecule has 1 atom stereocenters. The lowest BCUT2D eigenvalue weighted by Crippen LogP contribution is -2.33. The lowest BCUT2D eigenvalue weighted by atomic mass is 10.2. The van der Waals surface area contributed by atoms with Crippen molar-refractivity contribution in [1.82, 2.24) is 5.32 Å². The molecule has 1 unspecified atom stereocenters. The highest BCUT2D eigenvalue weighted by atomic mass is 16.6. The molecule has 0 heterocycles. The second-order valence-corrected chi connectivity index (χ2v) is 4.40. The molecule has 0 fully saturated rings. The molecule has 5 nitrogen and oxygen atoms in total. The number of rotatable bonds is 8. The number of benzene rings is 1. The minimum absolute atomic E-state index is 0.147. The van der Waals surface area contributed by atoms with Gasteiger partial charge in [-0.3, -0.25) is 4.79 Å². The van der Waals surface area contributed by atoms with E-state index in [1.807, 2.05) is 30.3 Å². The first-order chi connectivity index (χ1) is 10.7. The number of hydrogen-bond acceptors (Lipinski definition) is 4. The topological polar surface area (TPSA) is 64.6 Å². The van der Waals surface area contributed by atoms with Gasteiger partial charge in [0.1, 0.15) is 13.2 Å². The maximum Gasteiger partial charge on any atom is 0.335 e. The van der Waals surface area contributed by atoms with Gasteiger partial charge >= 0.3 is 5.97 Å². The molecule has 0 saturated carbocycles. The molecule has 1 rings (SSSR count). The Labute approximate surface area is 131 Å². The summed E-state index contributed by atoms with van der Waals surface area (Å²) in [5.41, 5.74) is 0.892. The summed E-state index contributed by atoms with van der Waals surface area (Å²) in [6, 6.07) is 9.34. The van der Waals surface area contributed by atoms with E-state index in [9.17, 15) is 9.59 Å². The largest absolute Gasteiger partial charge is 0.459 e. The SMILES string of the molecule is [B]C#CCNC(=O)COC(CC)C(=O)OCc1ccccc1. The van der Waals surface area contributed by atoms with Gasteiger partial charge in [0.05, 0.1) is 6.54 Å². The van der Waals surface area contributed by atoms with Crippen LogP contribution in [0.1, 0.15) is 18.9 Å². The smallest absolute Gasteiger partial charge is 0.335 e. The fourth-order valence-electron chi connectivity index (χ4n) is 1.60. The number of carbonyl (C=O) groups is 2. The quantitative estimate of drug-likeness (QED) is 0.437. The molecule has 22 heavy (non-hydrogen) atoms. The first-order valence-corrected chi connectivity index (χ1v) is 6.94. The highest BCUT2D eigenvalue weighted by molar-refractivity contribution is 6.22. The number of hydrogen-bond donors (Lipinski definition) is 1. The highest BCUT2D eigenvalue weighted by Gasteiger charge is 2.20. The van der Waals surface area contributed by atoms with Crippen LogP contribution in [0.4, 0.5) is 0 Å². The third-order valence-electron chi connectivity index (χ3n) is 2.75. The van der Waals surface area contributed by atoms with Gasteiger partial charge in [-0.25, -0.2) is 4.79 Å². The Morgan fingerprint density at radius 3 is 2.68 bits per heavy atom. The van der Waals surface area contributed by atoms with E-state index in [-0.39, 0.29) is 25.7 Å². The van der Waals surface area contributed by atoms with Crippen molar-refractivity contribution < 1.29 is 19.1 Å². The van der Waals surface area contributed by atoms with Crippen LogP contribution in [0.5, 0.6) is 0 Å². The maximum atomic E-state index is 11.9. The molecule has 0 spiro atoms. The zero-order chi connectivity index (χ0) is 16.2. The van der Waals surface area contributed by atoms with E-state index in [0.717, 1.165) is 5.56 Å². The number of nitrogens with one attached hydrogen (secondary N) is 1. The van der Waals surface area contributed by atoms with Crippen LogP contribution in [0.15, 0.2) is 30.3 Å². The summed E-state index contributed by atoms with van der Waals surface area (Å²) >= 11 is 0. The van der Waals surface area contributed by atoms with Crippen LogP contribution >= 0.6 is 0 Å². The summed E-state index contributed by atoms with van der Waals surface area (Å²) in [6.45, 7) is 1.88. The molecule has 0 aliphatic carbocycles. The third-order valence-corrected chi connectivity index (χ3v) is 2.75. The van der Waals surface area contributed by atoms with Gasteiger partial charge in [0, 0.05) is 0 Å². The van der Waals surface area contributed by atoms with Crippen molar-refractivity contribution in [3.63, 3.8) is 0 Å². The maximum absolute atomic E-state index is 11.9. The van der Waals surface area contributed by atoms with E-state index >= 15 is 0 Å². The minimum Gasteiger partial charge on any atom is -0.459 e. The van der Waals surface area contributed by atoms with E-state index < -0.39 is 12.1 Å². The van der Waals surface area contributed by atoms with Gasteiger partial charge in [-0.05, 0) is 12.0 Å². The molecule has 0 aromatic heterocycles. The Hall–Kier alpha value is -2.26. The Bertz CT molecular complexity index is 536. The molecule has 0 aliphatic heterocycles. The van der Waals surface area contributed by atoms with Crippen molar-refractivity contribution in [3.8, 4) is 11.7 Å². The van der Waals surface area contributed by atoms with Crippen molar-refractivity contribution in [2.24, 2.45) is 0 Å². The third kappa shape index (κ3) is 6.96. The number of esters is 1. The molecule has 0 bridgehead atoms. The number of amides is 1. The molecule has 0 saturated heterocycles. The fraction of sp³-hybridized carbons (Fsp3) is 0.375. The van der Waals surface area contributed by atoms with Crippen LogP contribution in [-0.4, -0.2) is 39.0 Å². The molecule has 114 valence electrons. The molecule has 1 N–H and O–H groups in total. The highest BCUT2D eigenvalue weighted by Crippen LogP contribution is 2.05. The average Bonchev–Trinajstić information content (AvgIpc) is 2.54. The molecule has 0 aliphatic rings. The van der Waals surface area contributed by atoms with Gasteiger partial charge in [-0.15, -0.1) is 0 Å². The second-order valence-electron chi connectivity index (χ2n) is 4.40. The van der Waals surface area contributed by atoms with Gasteiger partial charge in [0.2, 0.25) is 5.91 Å². The number of carbonyl (C=O) groups excluding carboxylic acids is 2. The Kier molecular flexibility index (Phi) is 8.47. The summed E-state index contributed by atoms with van der Waals surface area (Å²) in [6.07, 6.45) is -0.348. The van der Waals surface area contributed by atoms with E-state index in [4.69, 9.17) is 17.3 Å². The first-order valence-electron chi connectivity index (χ1n) is 6.94. The van der Waals surface area contributed by atoms with Crippen molar-refractivity contribution in [2.45, 2.75) is 26.1 Å². The lowest BCUT2D eigenvalue weighted by Gasteiger charge is -2.15. The molecule has 2 radical (unpaired) electrons. The zero-order valence-corrected chi connectivity index (χ0v) is 12.5. The summed E-state index contributed by atoms with van der Waals surface area (Å²) in [5.74, 6) is 3.81. The normalized spacial score (nSPS) is 11.0. The van der Waals surface area contributed by atoms with E-state index in [1.54, 1.807) is 6.92 Å². The van der Waals surface area contributed by atoms with Crippen molar-refractivity contribution >= 4 is 19.7 Å². The molecule has 1 amide bonds. The lowest BCUT2D eigenvalue weighted by molar-refractivity contribution is -0.160. The molecular formula is C16H18BNO4. The van der Waals surface area contributed by atoms with E-state index in [0.29, 0.717) is 6.42 Å². The van der Waals surface area contributed by atoms with Crippen LogP contribution in [0.2, 0.25) is 0 Å². The second kappa shape index (κ2) is 10.5.